The van der Waals surface area contributed by atoms with Gasteiger partial charge in [0.25, 0.3) is 0 Å². The molecule has 0 saturated heterocycles. The van der Waals surface area contributed by atoms with Crippen molar-refractivity contribution >= 4 is 11.0 Å². The Morgan fingerprint density at radius 2 is 2.00 bits per heavy atom. The van der Waals surface area contributed by atoms with E-state index in [0.717, 1.165) is 10.5 Å². The van der Waals surface area contributed by atoms with Crippen molar-refractivity contribution in [2.75, 3.05) is 6.54 Å². The van der Waals surface area contributed by atoms with E-state index in [1.165, 1.54) is 5.56 Å². The van der Waals surface area contributed by atoms with E-state index in [0.29, 0.717) is 13.1 Å². The molecule has 1 aromatic rings. The normalized spacial score (nSPS) is 19.1. The van der Waals surface area contributed by atoms with E-state index in [1.807, 2.05) is 37.2 Å². The number of β-amino-alcohol motifs (C(OH)–C–C–N with tert-alkyl or cyclic N) is 1. The average Bonchev–Trinajstić information content (AvgIpc) is 2.56. The molecule has 0 aromatic heterocycles. The first-order valence-electron chi connectivity index (χ1n) is 6.35. The quantitative estimate of drug-likeness (QED) is 0.896. The van der Waals surface area contributed by atoms with E-state index in [9.17, 15) is 9.32 Å². The average molecular weight is 269 g/mol. The van der Waals surface area contributed by atoms with Crippen LogP contribution in [0.2, 0.25) is 0 Å². The molecule has 1 aliphatic rings. The fourth-order valence-corrected chi connectivity index (χ4v) is 3.44. The Hall–Kier alpha value is -0.710. The van der Waals surface area contributed by atoms with Crippen molar-refractivity contribution < 1.29 is 9.32 Å². The molecule has 2 rings (SSSR count). The molecule has 0 fully saturated rings. The number of fused-ring (bicyclic) bond motifs is 1. The molecular formula is C14H23NO2S. The molecule has 1 heterocycles. The largest absolute Gasteiger partial charge is 0.389 e. The van der Waals surface area contributed by atoms with Crippen LogP contribution in [0.5, 0.6) is 0 Å². The topological polar surface area (TPSA) is 40.5 Å². The molecule has 1 aromatic carbocycles. The molecule has 0 bridgehead atoms. The molecule has 4 heteroatoms. The third-order valence-electron chi connectivity index (χ3n) is 2.55. The number of nitrogens with zero attached hydrogens (tertiary/aromatic N) is 1. The van der Waals surface area contributed by atoms with E-state index >= 15 is 0 Å². The van der Waals surface area contributed by atoms with Gasteiger partial charge in [-0.1, -0.05) is 31.5 Å². The van der Waals surface area contributed by atoms with Crippen LogP contribution in [0.15, 0.2) is 23.1 Å². The van der Waals surface area contributed by atoms with E-state index < -0.39 is 16.6 Å². The SMILES string of the molecule is CC.Cc1ccc2c(c1)CN(CC(C)(C)O)S2=O. The number of aliphatic hydroxyl groups is 1. The second-order valence-electron chi connectivity index (χ2n) is 4.97. The fraction of sp³-hybridized carbons (Fsp3) is 0.571. The molecule has 1 aliphatic heterocycles. The van der Waals surface area contributed by atoms with Gasteiger partial charge in [0.2, 0.25) is 0 Å². The van der Waals surface area contributed by atoms with Crippen LogP contribution in [0.3, 0.4) is 0 Å². The summed E-state index contributed by atoms with van der Waals surface area (Å²) in [6, 6.07) is 5.97. The summed E-state index contributed by atoms with van der Waals surface area (Å²) in [5, 5.41) is 9.75. The molecule has 1 N–H and O–H groups in total. The standard InChI is InChI=1S/C12H17NO2S.C2H6/c1-9-4-5-11-10(6-9)7-13(16(11)15)8-12(2,3)14;1-2/h4-6,14H,7-8H2,1-3H3;1-2H3. The summed E-state index contributed by atoms with van der Waals surface area (Å²) in [6.07, 6.45) is 0. The van der Waals surface area contributed by atoms with Crippen molar-refractivity contribution in [1.29, 1.82) is 0 Å². The number of benzene rings is 1. The zero-order valence-electron chi connectivity index (χ0n) is 11.9. The lowest BCUT2D eigenvalue weighted by atomic mass is 10.1. The molecule has 0 amide bonds. The van der Waals surface area contributed by atoms with Crippen LogP contribution in [-0.4, -0.2) is 25.8 Å². The fourth-order valence-electron chi connectivity index (χ4n) is 1.94. The van der Waals surface area contributed by atoms with Crippen molar-refractivity contribution in [3.8, 4) is 0 Å². The Balaban J connectivity index is 0.000000771. The Bertz CT molecular complexity index is 438. The van der Waals surface area contributed by atoms with Gasteiger partial charge in [0.1, 0.15) is 11.0 Å². The third-order valence-corrected chi connectivity index (χ3v) is 4.05. The summed E-state index contributed by atoms with van der Waals surface area (Å²) in [4.78, 5) is 0.884. The van der Waals surface area contributed by atoms with Gasteiger partial charge in [-0.05, 0) is 32.4 Å². The van der Waals surface area contributed by atoms with E-state index in [-0.39, 0.29) is 0 Å². The van der Waals surface area contributed by atoms with Gasteiger partial charge in [-0.3, -0.25) is 0 Å². The van der Waals surface area contributed by atoms with E-state index in [4.69, 9.17) is 0 Å². The van der Waals surface area contributed by atoms with Crippen LogP contribution in [0.25, 0.3) is 0 Å². The van der Waals surface area contributed by atoms with E-state index in [2.05, 4.69) is 6.07 Å². The van der Waals surface area contributed by atoms with Gasteiger partial charge in [-0.15, -0.1) is 0 Å². The molecule has 1 atom stereocenters. The monoisotopic (exact) mass is 269 g/mol. The molecule has 1 unspecified atom stereocenters. The molecule has 0 aliphatic carbocycles. The highest BCUT2D eigenvalue weighted by molar-refractivity contribution is 7.83. The number of aryl methyl sites for hydroxylation is 1. The Morgan fingerprint density at radius 1 is 1.39 bits per heavy atom. The van der Waals surface area contributed by atoms with Crippen molar-refractivity contribution in [2.24, 2.45) is 0 Å². The Morgan fingerprint density at radius 3 is 2.56 bits per heavy atom. The highest BCUT2D eigenvalue weighted by Gasteiger charge is 2.30. The number of hydrogen-bond acceptors (Lipinski definition) is 2. The van der Waals surface area contributed by atoms with E-state index in [1.54, 1.807) is 13.8 Å². The molecule has 102 valence electrons. The van der Waals surface area contributed by atoms with Crippen LogP contribution in [0, 0.1) is 6.92 Å². The first kappa shape index (κ1) is 15.3. The zero-order valence-corrected chi connectivity index (χ0v) is 12.7. The molecule has 3 nitrogen and oxygen atoms in total. The Kier molecular flexibility index (Phi) is 5.08. The molecule has 0 radical (unpaired) electrons. The summed E-state index contributed by atoms with van der Waals surface area (Å²) >= 11 is 0. The molecule has 18 heavy (non-hydrogen) atoms. The van der Waals surface area contributed by atoms with Crippen molar-refractivity contribution in [1.82, 2.24) is 4.31 Å². The zero-order chi connectivity index (χ0) is 13.9. The minimum atomic E-state index is -1.12. The van der Waals surface area contributed by atoms with Crippen LogP contribution in [0.4, 0.5) is 0 Å². The predicted octanol–water partition coefficient (Wildman–Crippen LogP) is 2.63. The van der Waals surface area contributed by atoms with Crippen LogP contribution >= 0.6 is 0 Å². The second-order valence-corrected chi connectivity index (χ2v) is 6.43. The summed E-state index contributed by atoms with van der Waals surface area (Å²) in [6.45, 7) is 10.6. The third kappa shape index (κ3) is 3.64. The molecule has 0 saturated carbocycles. The maximum Gasteiger partial charge on any atom is 0.128 e. The van der Waals surface area contributed by atoms with Gasteiger partial charge in [0.15, 0.2) is 0 Å². The minimum absolute atomic E-state index is 0.424. The summed E-state index contributed by atoms with van der Waals surface area (Å²) in [5.74, 6) is 0. The maximum atomic E-state index is 12.1. The maximum absolute atomic E-state index is 12.1. The van der Waals surface area contributed by atoms with Gasteiger partial charge in [0, 0.05) is 13.1 Å². The smallest absolute Gasteiger partial charge is 0.128 e. The second kappa shape index (κ2) is 5.95. The van der Waals surface area contributed by atoms with Gasteiger partial charge in [-0.25, -0.2) is 8.51 Å². The summed E-state index contributed by atoms with van der Waals surface area (Å²) in [5.41, 5.74) is 1.48. The van der Waals surface area contributed by atoms with Gasteiger partial charge < -0.3 is 5.11 Å². The molecule has 0 spiro atoms. The van der Waals surface area contributed by atoms with Crippen molar-refractivity contribution in [2.45, 2.75) is 51.7 Å². The number of rotatable bonds is 2. The van der Waals surface area contributed by atoms with Crippen LogP contribution < -0.4 is 0 Å². The lowest BCUT2D eigenvalue weighted by Gasteiger charge is -2.23. The minimum Gasteiger partial charge on any atom is -0.389 e. The summed E-state index contributed by atoms with van der Waals surface area (Å²) < 4.78 is 13.9. The van der Waals surface area contributed by atoms with Gasteiger partial charge >= 0.3 is 0 Å². The first-order chi connectivity index (χ1) is 8.37. The molecular weight excluding hydrogens is 246 g/mol. The van der Waals surface area contributed by atoms with Gasteiger partial charge in [0.05, 0.1) is 10.5 Å². The van der Waals surface area contributed by atoms with Gasteiger partial charge in [-0.2, -0.15) is 0 Å². The highest BCUT2D eigenvalue weighted by atomic mass is 32.2. The van der Waals surface area contributed by atoms with Crippen molar-refractivity contribution in [3.63, 3.8) is 0 Å². The van der Waals surface area contributed by atoms with Crippen molar-refractivity contribution in [3.05, 3.63) is 29.3 Å². The lowest BCUT2D eigenvalue weighted by Crippen LogP contribution is -2.36. The van der Waals surface area contributed by atoms with Crippen LogP contribution in [0.1, 0.15) is 38.8 Å². The Labute approximate surface area is 112 Å². The predicted molar refractivity (Wildman–Crippen MR) is 75.6 cm³/mol. The van der Waals surface area contributed by atoms with Crippen LogP contribution in [-0.2, 0) is 17.5 Å². The number of hydrogen-bond donors (Lipinski definition) is 1. The lowest BCUT2D eigenvalue weighted by molar-refractivity contribution is 0.0601. The first-order valence-corrected chi connectivity index (χ1v) is 7.46. The summed E-state index contributed by atoms with van der Waals surface area (Å²) in [7, 11) is -1.12. The highest BCUT2D eigenvalue weighted by Crippen LogP contribution is 2.28.